The van der Waals surface area contributed by atoms with Gasteiger partial charge >= 0.3 is 17.6 Å². The van der Waals surface area contributed by atoms with Gasteiger partial charge in [-0.05, 0) is 177 Å². The van der Waals surface area contributed by atoms with Gasteiger partial charge in [-0.3, -0.25) is 0 Å². The first-order valence-corrected chi connectivity index (χ1v) is 63.6. The zero-order valence-corrected chi connectivity index (χ0v) is 82.7. The summed E-state index contributed by atoms with van der Waals surface area (Å²) in [4.78, 5) is 0. The number of benzene rings is 5. The molecule has 0 heterocycles. The molecule has 0 radical (unpaired) electrons. The molecule has 0 N–H and O–H groups in total. The number of hydrogen-bond acceptors (Lipinski definition) is 9. The van der Waals surface area contributed by atoms with Gasteiger partial charge in [-0.1, -0.05) is 323 Å². The van der Waals surface area contributed by atoms with E-state index in [1.165, 1.54) is 87.3 Å². The third-order valence-corrected chi connectivity index (χ3v) is 52.3. The van der Waals surface area contributed by atoms with Crippen molar-refractivity contribution >= 4 is 67.3 Å². The van der Waals surface area contributed by atoms with Gasteiger partial charge in [0.2, 0.25) is 0 Å². The maximum atomic E-state index is 6.99. The first kappa shape index (κ1) is 99.2. The van der Waals surface area contributed by atoms with E-state index >= 15 is 0 Å². The summed E-state index contributed by atoms with van der Waals surface area (Å²) >= 11 is 0. The number of ether oxygens (including phenoxy) is 2. The quantitative estimate of drug-likeness (QED) is 0.0343. The van der Waals surface area contributed by atoms with Gasteiger partial charge in [-0.25, -0.2) is 0 Å². The van der Waals surface area contributed by atoms with Crippen molar-refractivity contribution in [2.75, 3.05) is 20.8 Å². The molecule has 17 heteroatoms. The highest BCUT2D eigenvalue weighted by Gasteiger charge is 2.54. The Labute approximate surface area is 663 Å². The highest BCUT2D eigenvalue weighted by Crippen LogP contribution is 2.48. The van der Waals surface area contributed by atoms with E-state index in [0.717, 1.165) is 34.8 Å². The molecule has 1 fully saturated rings. The Kier molecular flexibility index (Phi) is 42.3. The van der Waals surface area contributed by atoms with Crippen molar-refractivity contribution in [3.8, 4) is 11.5 Å². The predicted octanol–water partition coefficient (Wildman–Crippen LogP) is 29.0. The van der Waals surface area contributed by atoms with E-state index < -0.39 is 67.3 Å². The Morgan fingerprint density at radius 2 is 0.660 bits per heavy atom. The van der Waals surface area contributed by atoms with Crippen LogP contribution in [0.5, 0.6) is 11.5 Å². The molecule has 0 aliphatic heterocycles. The minimum absolute atomic E-state index is 0.181. The van der Waals surface area contributed by atoms with Crippen molar-refractivity contribution in [1.29, 1.82) is 0 Å². The van der Waals surface area contributed by atoms with Crippen LogP contribution in [-0.2, 0) is 35.2 Å². The second-order valence-electron chi connectivity index (χ2n) is 38.1. The molecule has 0 saturated heterocycles. The lowest BCUT2D eigenvalue weighted by Gasteiger charge is -2.43. The van der Waals surface area contributed by atoms with Crippen molar-refractivity contribution < 1.29 is 39.2 Å². The fourth-order valence-electron chi connectivity index (χ4n) is 14.4. The minimum Gasteiger partial charge on any atom is -0.497 e. The molecule has 1 aliphatic rings. The molecule has 0 aromatic heterocycles. The van der Waals surface area contributed by atoms with Crippen LogP contribution in [0.1, 0.15) is 236 Å². The highest BCUT2D eigenvalue weighted by molar-refractivity contribution is 6.87. The third kappa shape index (κ3) is 32.7. The zero-order chi connectivity index (χ0) is 80.9. The van der Waals surface area contributed by atoms with E-state index in [1.807, 2.05) is 36.4 Å². The summed E-state index contributed by atoms with van der Waals surface area (Å²) in [6.07, 6.45) is 14.7. The Bertz CT molecular complexity index is 2960. The molecule has 9 nitrogen and oxygen atoms in total. The Morgan fingerprint density at radius 3 is 0.915 bits per heavy atom. The van der Waals surface area contributed by atoms with Crippen LogP contribution in [0.2, 0.25) is 130 Å². The van der Waals surface area contributed by atoms with Crippen molar-refractivity contribution in [1.82, 2.24) is 0 Å². The van der Waals surface area contributed by atoms with Crippen LogP contribution in [0.15, 0.2) is 140 Å². The van der Waals surface area contributed by atoms with Gasteiger partial charge in [0.05, 0.1) is 22.3 Å². The number of rotatable bonds is 29. The van der Waals surface area contributed by atoms with Crippen LogP contribution in [-0.4, -0.2) is 94.2 Å². The van der Waals surface area contributed by atoms with E-state index in [9.17, 15) is 0 Å². The topological polar surface area (TPSA) is 83.1 Å². The monoisotopic (exact) mass is 1600 g/mol. The Morgan fingerprint density at radius 1 is 0.358 bits per heavy atom. The van der Waals surface area contributed by atoms with Crippen LogP contribution in [0.3, 0.4) is 0 Å². The molecule has 0 unspecified atom stereocenters. The lowest BCUT2D eigenvalue weighted by molar-refractivity contribution is 0.0767. The third-order valence-electron chi connectivity index (χ3n) is 21.0. The lowest BCUT2D eigenvalue weighted by Crippen LogP contribution is -2.60. The molecule has 6 rings (SSSR count). The molecule has 1 saturated carbocycles. The molecule has 5 aromatic rings. The highest BCUT2D eigenvalue weighted by atomic mass is 28.5. The standard InChI is InChI=1S/C24H26O2.C22H36O3Si3.C21H48O3Si3.C13H30OSi.C9H22Si/c1-18(2)24(19-8-6-5-7-9-19,20-10-14-22(25-3)15-11-20)21-12-16-23(26-4)17-13-21;1-19(2)28(24-26(3,4)5,25-27(6,7)8)23-22(20-15-11-9-12-16-20)21-17-13-10-14-18-21;1-20(2)27(23-25(3,4)5,24-26(6,7)8)22-21-18-16-14-12-10-9-11-13-15-17-19-21;1-10(2)9-14-15(11(3)4,12(5)6)13(7)8;1-8(2)10(6,7)9(3,4)5/h5-18H,1-4H3;9-19,22H,1-8H3;20-21H,9-19H2,1-8H3;10-13H,9H2,1-8H3;8H,1-7H3. The molecule has 0 spiro atoms. The maximum absolute atomic E-state index is 6.99. The van der Waals surface area contributed by atoms with E-state index in [2.05, 4.69) is 326 Å². The predicted molar refractivity (Wildman–Crippen MR) is 482 cm³/mol. The van der Waals surface area contributed by atoms with Crippen LogP contribution in [0, 0.1) is 11.8 Å². The van der Waals surface area contributed by atoms with Gasteiger partial charge < -0.3 is 39.2 Å². The molecular weight excluding hydrogens is 1440 g/mol. The van der Waals surface area contributed by atoms with Crippen molar-refractivity contribution in [2.45, 2.75) is 350 Å². The van der Waals surface area contributed by atoms with Crippen molar-refractivity contribution in [2.24, 2.45) is 11.8 Å². The average molecular weight is 1600 g/mol. The van der Waals surface area contributed by atoms with Gasteiger partial charge in [0.1, 0.15) is 17.6 Å². The smallest absolute Gasteiger partial charge is 0.483 e. The summed E-state index contributed by atoms with van der Waals surface area (Å²) in [5, 5.41) is 0.557. The van der Waals surface area contributed by atoms with Crippen LogP contribution < -0.4 is 9.47 Å². The molecule has 0 atom stereocenters. The summed E-state index contributed by atoms with van der Waals surface area (Å²) in [5.74, 6) is 2.74. The molecule has 0 bridgehead atoms. The molecule has 0 amide bonds. The van der Waals surface area contributed by atoms with Crippen LogP contribution in [0.4, 0.5) is 0 Å². The van der Waals surface area contributed by atoms with E-state index in [1.54, 1.807) is 14.2 Å². The molecule has 106 heavy (non-hydrogen) atoms. The molecule has 1 aliphatic carbocycles. The SMILES string of the molecule is CC(C)CO[Si](C(C)C)(C(C)C)C(C)C.CC(C)[Si](C)(C)C(C)(C)C.CC(C)[Si](OC(c1ccccc1)c1ccccc1)(O[Si](C)(C)C)O[Si](C)(C)C.CC(C)[Si](OC1CCCCCCCCCCC1)(O[Si](C)(C)C)O[Si](C)(C)C.COc1ccc(C(c2ccccc2)(c2ccc(OC)cc2)C(C)C)cc1. The van der Waals surface area contributed by atoms with Gasteiger partial charge in [-0.2, -0.15) is 0 Å². The minimum atomic E-state index is -2.95. The Hall–Kier alpha value is -2.84. The fraction of sp³-hybridized carbons (Fsp3) is 0.663. The second kappa shape index (κ2) is 45.2. The van der Waals surface area contributed by atoms with Gasteiger partial charge in [0.15, 0.2) is 41.6 Å². The van der Waals surface area contributed by atoms with Gasteiger partial charge in [-0.15, -0.1) is 0 Å². The van der Waals surface area contributed by atoms with Crippen molar-refractivity contribution in [3.05, 3.63) is 167 Å². The van der Waals surface area contributed by atoms with E-state index in [4.69, 9.17) is 39.2 Å². The first-order chi connectivity index (χ1) is 48.9. The summed E-state index contributed by atoms with van der Waals surface area (Å²) in [7, 11) is -12.1. The van der Waals surface area contributed by atoms with Crippen molar-refractivity contribution in [3.63, 3.8) is 0 Å². The summed E-state index contributed by atoms with van der Waals surface area (Å²) in [6, 6.07) is 48.4. The normalized spacial score (nSPS) is 14.8. The fourth-order valence-corrected chi connectivity index (χ4v) is 42.9. The Balaban J connectivity index is 0.000000468. The number of hydrogen-bond donors (Lipinski definition) is 0. The molecule has 5 aromatic carbocycles. The van der Waals surface area contributed by atoms with E-state index in [0.29, 0.717) is 45.1 Å². The summed E-state index contributed by atoms with van der Waals surface area (Å²) in [5.41, 5.74) is 9.31. The number of methoxy groups -OCH3 is 2. The lowest BCUT2D eigenvalue weighted by atomic mass is 9.63. The second-order valence-corrected chi connectivity index (χ2v) is 75.0. The summed E-state index contributed by atoms with van der Waals surface area (Å²) < 4.78 is 58.3. The average Bonchev–Trinajstić information content (AvgIpc) is 0.745. The molecule has 604 valence electrons. The largest absolute Gasteiger partial charge is 0.497 e. The van der Waals surface area contributed by atoms with Gasteiger partial charge in [0.25, 0.3) is 0 Å². The van der Waals surface area contributed by atoms with Gasteiger partial charge in [0, 0.05) is 29.2 Å². The maximum Gasteiger partial charge on any atom is 0.483 e. The molecular formula is C89H162O9Si8. The summed E-state index contributed by atoms with van der Waals surface area (Å²) in [6.45, 7) is 76.6. The van der Waals surface area contributed by atoms with E-state index in [-0.39, 0.29) is 17.1 Å². The zero-order valence-electron chi connectivity index (χ0n) is 74.7. The first-order valence-electron chi connectivity index (χ1n) is 41.2. The van der Waals surface area contributed by atoms with Crippen LogP contribution >= 0.6 is 0 Å². The van der Waals surface area contributed by atoms with Crippen LogP contribution in [0.25, 0.3) is 0 Å².